The summed E-state index contributed by atoms with van der Waals surface area (Å²) in [5, 5.41) is 11.0. The molecule has 3 heterocycles. The molecule has 0 bridgehead atoms. The van der Waals surface area contributed by atoms with Crippen LogP contribution in [0.15, 0.2) is 48.5 Å². The summed E-state index contributed by atoms with van der Waals surface area (Å²) in [4.78, 5) is 15.2. The third-order valence-corrected chi connectivity index (χ3v) is 8.44. The van der Waals surface area contributed by atoms with Crippen LogP contribution >= 0.6 is 11.6 Å². The Morgan fingerprint density at radius 3 is 2.40 bits per heavy atom. The Balaban J connectivity index is 1.60. The number of nitrogens with zero attached hydrogens (tertiary/aromatic N) is 1. The lowest BCUT2D eigenvalue weighted by Gasteiger charge is -2.34. The number of carbonyl (C=O) groups is 1. The minimum Gasteiger partial charge on any atom is -0.508 e. The van der Waals surface area contributed by atoms with Gasteiger partial charge in [0, 0.05) is 22.5 Å². The molecule has 2 aromatic carbocycles. The van der Waals surface area contributed by atoms with E-state index in [-0.39, 0.29) is 47.2 Å². The number of aromatic hydroxyl groups is 1. The number of para-hydroxylation sites is 1. The smallest absolute Gasteiger partial charge is 0.242 e. The number of benzene rings is 2. The molecule has 7 nitrogen and oxygen atoms in total. The van der Waals surface area contributed by atoms with E-state index in [1.165, 1.54) is 0 Å². The van der Waals surface area contributed by atoms with Crippen LogP contribution in [0.25, 0.3) is 0 Å². The first-order valence-electron chi connectivity index (χ1n) is 9.93. The summed E-state index contributed by atoms with van der Waals surface area (Å²) in [7, 11) is -3.16. The van der Waals surface area contributed by atoms with Gasteiger partial charge in [0.05, 0.1) is 23.6 Å². The molecule has 3 N–H and O–H groups in total. The summed E-state index contributed by atoms with van der Waals surface area (Å²) in [5.41, 5.74) is 7.88. The molecule has 5 atom stereocenters. The largest absolute Gasteiger partial charge is 0.508 e. The van der Waals surface area contributed by atoms with Crippen LogP contribution in [0.5, 0.6) is 5.75 Å². The summed E-state index contributed by atoms with van der Waals surface area (Å²) in [5.74, 6) is -0.111. The zero-order valence-electron chi connectivity index (χ0n) is 16.0. The van der Waals surface area contributed by atoms with E-state index in [0.29, 0.717) is 17.0 Å². The molecule has 9 heteroatoms. The standard InChI is InChI=1S/C21H22ClN3O4S/c22-13-7-5-12(6-8-13)20-17-18(15-3-1-2-4-16(15)26)23-24-19(17)21(27)25(20)14-9-10-30(28,29)11-14/h1-8,14,17-20,23-24,26H,9-11H2. The summed E-state index contributed by atoms with van der Waals surface area (Å²) in [6.45, 7) is 0. The van der Waals surface area contributed by atoms with E-state index in [1.54, 1.807) is 29.2 Å². The van der Waals surface area contributed by atoms with Crippen LogP contribution in [-0.2, 0) is 14.6 Å². The zero-order chi connectivity index (χ0) is 21.0. The Morgan fingerprint density at radius 1 is 1.03 bits per heavy atom. The van der Waals surface area contributed by atoms with Gasteiger partial charge in [-0.05, 0) is 30.2 Å². The number of sulfone groups is 1. The van der Waals surface area contributed by atoms with Gasteiger partial charge in [-0.15, -0.1) is 0 Å². The predicted octanol–water partition coefficient (Wildman–Crippen LogP) is 1.95. The minimum atomic E-state index is -3.16. The van der Waals surface area contributed by atoms with E-state index in [1.807, 2.05) is 24.3 Å². The van der Waals surface area contributed by atoms with Crippen LogP contribution in [0.4, 0.5) is 0 Å². The SMILES string of the molecule is O=C1C2NNC(c3ccccc3O)C2C(c2ccc(Cl)cc2)N1C1CCS(=O)(=O)C1. The molecule has 5 rings (SSSR count). The quantitative estimate of drug-likeness (QED) is 0.665. The highest BCUT2D eigenvalue weighted by Gasteiger charge is 2.58. The molecule has 0 saturated carbocycles. The van der Waals surface area contributed by atoms with Gasteiger partial charge in [0.1, 0.15) is 11.8 Å². The fourth-order valence-electron chi connectivity index (χ4n) is 5.12. The number of hydrogen-bond acceptors (Lipinski definition) is 6. The second-order valence-corrected chi connectivity index (χ2v) is 10.8. The Bertz CT molecular complexity index is 1090. The Hall–Kier alpha value is -2.13. The first-order chi connectivity index (χ1) is 14.4. The van der Waals surface area contributed by atoms with Crippen molar-refractivity contribution >= 4 is 27.3 Å². The molecule has 0 radical (unpaired) electrons. The molecule has 30 heavy (non-hydrogen) atoms. The Kier molecular flexibility index (Phi) is 4.77. The van der Waals surface area contributed by atoms with Crippen molar-refractivity contribution in [2.75, 3.05) is 11.5 Å². The van der Waals surface area contributed by atoms with Crippen molar-refractivity contribution in [3.63, 3.8) is 0 Å². The number of carbonyl (C=O) groups excluding carboxylic acids is 1. The van der Waals surface area contributed by atoms with Gasteiger partial charge in [0.25, 0.3) is 0 Å². The molecule has 3 saturated heterocycles. The summed E-state index contributed by atoms with van der Waals surface area (Å²) in [6, 6.07) is 12.9. The maximum absolute atomic E-state index is 13.4. The summed E-state index contributed by atoms with van der Waals surface area (Å²) >= 11 is 6.09. The number of likely N-dealkylation sites (tertiary alicyclic amines) is 1. The van der Waals surface area contributed by atoms with Crippen molar-refractivity contribution in [3.05, 3.63) is 64.7 Å². The van der Waals surface area contributed by atoms with Crippen molar-refractivity contribution < 1.29 is 18.3 Å². The van der Waals surface area contributed by atoms with Gasteiger partial charge in [0.15, 0.2) is 9.84 Å². The second-order valence-electron chi connectivity index (χ2n) is 8.18. The van der Waals surface area contributed by atoms with Crippen molar-refractivity contribution in [1.29, 1.82) is 0 Å². The fraction of sp³-hybridized carbons (Fsp3) is 0.381. The van der Waals surface area contributed by atoms with Crippen molar-refractivity contribution in [2.45, 2.75) is 30.6 Å². The third-order valence-electron chi connectivity index (χ3n) is 6.43. The number of phenols is 1. The molecular weight excluding hydrogens is 426 g/mol. The van der Waals surface area contributed by atoms with Gasteiger partial charge >= 0.3 is 0 Å². The molecule has 3 aliphatic heterocycles. The van der Waals surface area contributed by atoms with E-state index in [0.717, 1.165) is 5.56 Å². The number of rotatable bonds is 3. The van der Waals surface area contributed by atoms with Crippen molar-refractivity contribution in [1.82, 2.24) is 15.8 Å². The number of hydrazine groups is 1. The van der Waals surface area contributed by atoms with Crippen LogP contribution in [0.1, 0.15) is 29.6 Å². The molecule has 5 unspecified atom stereocenters. The highest BCUT2D eigenvalue weighted by Crippen LogP contribution is 2.50. The number of halogens is 1. The number of fused-ring (bicyclic) bond motifs is 1. The topological polar surface area (TPSA) is 98.7 Å². The molecule has 0 aromatic heterocycles. The molecule has 0 aliphatic carbocycles. The lowest BCUT2D eigenvalue weighted by molar-refractivity contribution is -0.132. The molecule has 3 fully saturated rings. The van der Waals surface area contributed by atoms with E-state index in [2.05, 4.69) is 10.9 Å². The second kappa shape index (κ2) is 7.23. The van der Waals surface area contributed by atoms with Gasteiger partial charge in [-0.3, -0.25) is 4.79 Å². The van der Waals surface area contributed by atoms with Crippen molar-refractivity contribution in [3.8, 4) is 5.75 Å². The Morgan fingerprint density at radius 2 is 1.73 bits per heavy atom. The molecule has 1 amide bonds. The fourth-order valence-corrected chi connectivity index (χ4v) is 6.96. The monoisotopic (exact) mass is 447 g/mol. The van der Waals surface area contributed by atoms with E-state index < -0.39 is 15.9 Å². The van der Waals surface area contributed by atoms with Crippen LogP contribution in [0.2, 0.25) is 5.02 Å². The summed E-state index contributed by atoms with van der Waals surface area (Å²) in [6.07, 6.45) is 0.437. The van der Waals surface area contributed by atoms with Gasteiger partial charge in [-0.25, -0.2) is 19.3 Å². The normalized spacial score (nSPS) is 32.5. The van der Waals surface area contributed by atoms with E-state index >= 15 is 0 Å². The maximum atomic E-state index is 13.4. The number of amides is 1. The molecular formula is C21H22ClN3O4S. The average Bonchev–Trinajstić information content (AvgIpc) is 3.37. The maximum Gasteiger partial charge on any atom is 0.242 e. The zero-order valence-corrected chi connectivity index (χ0v) is 17.6. The lowest BCUT2D eigenvalue weighted by Crippen LogP contribution is -2.46. The Labute approximate surface area is 179 Å². The average molecular weight is 448 g/mol. The third kappa shape index (κ3) is 3.19. The minimum absolute atomic E-state index is 0.0169. The van der Waals surface area contributed by atoms with Gasteiger partial charge in [-0.1, -0.05) is 41.9 Å². The van der Waals surface area contributed by atoms with E-state index in [4.69, 9.17) is 11.6 Å². The number of nitrogens with one attached hydrogen (secondary N) is 2. The number of hydrogen-bond donors (Lipinski definition) is 3. The first-order valence-corrected chi connectivity index (χ1v) is 12.1. The van der Waals surface area contributed by atoms with Crippen LogP contribution in [0, 0.1) is 5.92 Å². The van der Waals surface area contributed by atoms with Crippen LogP contribution < -0.4 is 10.9 Å². The first kappa shape index (κ1) is 19.8. The van der Waals surface area contributed by atoms with Gasteiger partial charge < -0.3 is 10.0 Å². The molecule has 2 aromatic rings. The molecule has 3 aliphatic rings. The van der Waals surface area contributed by atoms with Crippen molar-refractivity contribution in [2.24, 2.45) is 5.92 Å². The van der Waals surface area contributed by atoms with Crippen LogP contribution in [-0.4, -0.2) is 47.9 Å². The molecule has 0 spiro atoms. The number of phenolic OH excluding ortho intramolecular Hbond substituents is 1. The van der Waals surface area contributed by atoms with Gasteiger partial charge in [-0.2, -0.15) is 0 Å². The highest BCUT2D eigenvalue weighted by atomic mass is 35.5. The lowest BCUT2D eigenvalue weighted by atomic mass is 9.83. The highest BCUT2D eigenvalue weighted by molar-refractivity contribution is 7.91. The van der Waals surface area contributed by atoms with E-state index in [9.17, 15) is 18.3 Å². The summed E-state index contributed by atoms with van der Waals surface area (Å²) < 4.78 is 24.3. The predicted molar refractivity (Wildman–Crippen MR) is 112 cm³/mol. The van der Waals surface area contributed by atoms with Crippen LogP contribution in [0.3, 0.4) is 0 Å². The molecule has 158 valence electrons. The van der Waals surface area contributed by atoms with Gasteiger partial charge in [0.2, 0.25) is 5.91 Å².